The molecular formula is C14H15FN2OS. The minimum atomic E-state index is -0.235. The predicted octanol–water partition coefficient (Wildman–Crippen LogP) is 2.87. The summed E-state index contributed by atoms with van der Waals surface area (Å²) in [5, 5.41) is 3.67. The van der Waals surface area contributed by atoms with Gasteiger partial charge in [-0.25, -0.2) is 9.37 Å². The van der Waals surface area contributed by atoms with Crippen molar-refractivity contribution >= 4 is 17.2 Å². The number of halogens is 1. The fraction of sp³-hybridized carbons (Fsp3) is 0.286. The van der Waals surface area contributed by atoms with Gasteiger partial charge in [0, 0.05) is 6.54 Å². The molecule has 1 amide bonds. The van der Waals surface area contributed by atoms with Gasteiger partial charge in [0.25, 0.3) is 5.91 Å². The van der Waals surface area contributed by atoms with Crippen molar-refractivity contribution in [3.63, 3.8) is 0 Å². The SMILES string of the molecule is Cc1nc(C)c(C(=O)NCCc2ccccc2F)s1. The van der Waals surface area contributed by atoms with Gasteiger partial charge >= 0.3 is 0 Å². The first-order chi connectivity index (χ1) is 9.08. The molecule has 5 heteroatoms. The molecule has 0 radical (unpaired) electrons. The number of nitrogens with zero attached hydrogens (tertiary/aromatic N) is 1. The van der Waals surface area contributed by atoms with Crippen molar-refractivity contribution in [2.45, 2.75) is 20.3 Å². The van der Waals surface area contributed by atoms with E-state index in [0.29, 0.717) is 23.4 Å². The fourth-order valence-corrected chi connectivity index (χ4v) is 2.67. The van der Waals surface area contributed by atoms with Crippen molar-refractivity contribution in [2.75, 3.05) is 6.54 Å². The van der Waals surface area contributed by atoms with Gasteiger partial charge in [-0.1, -0.05) is 18.2 Å². The molecule has 1 N–H and O–H groups in total. The van der Waals surface area contributed by atoms with E-state index in [2.05, 4.69) is 10.3 Å². The molecule has 2 aromatic rings. The van der Waals surface area contributed by atoms with Gasteiger partial charge < -0.3 is 5.32 Å². The van der Waals surface area contributed by atoms with Crippen molar-refractivity contribution in [2.24, 2.45) is 0 Å². The van der Waals surface area contributed by atoms with Gasteiger partial charge in [-0.2, -0.15) is 0 Å². The summed E-state index contributed by atoms with van der Waals surface area (Å²) in [7, 11) is 0. The van der Waals surface area contributed by atoms with Crippen LogP contribution in [0.25, 0.3) is 0 Å². The Labute approximate surface area is 115 Å². The van der Waals surface area contributed by atoms with Crippen LogP contribution in [0.5, 0.6) is 0 Å². The Hall–Kier alpha value is -1.75. The van der Waals surface area contributed by atoms with Gasteiger partial charge in [0.15, 0.2) is 0 Å². The summed E-state index contributed by atoms with van der Waals surface area (Å²) < 4.78 is 13.4. The Bertz CT molecular complexity index is 595. The molecule has 0 aliphatic heterocycles. The second kappa shape index (κ2) is 5.93. The molecule has 0 saturated carbocycles. The summed E-state index contributed by atoms with van der Waals surface area (Å²) in [6.07, 6.45) is 0.481. The molecule has 2 rings (SSSR count). The Morgan fingerprint density at radius 2 is 2.11 bits per heavy atom. The van der Waals surface area contributed by atoms with E-state index in [1.54, 1.807) is 18.2 Å². The summed E-state index contributed by atoms with van der Waals surface area (Å²) in [4.78, 5) is 16.8. The summed E-state index contributed by atoms with van der Waals surface area (Å²) in [5.74, 6) is -0.374. The zero-order valence-electron chi connectivity index (χ0n) is 10.9. The monoisotopic (exact) mass is 278 g/mol. The van der Waals surface area contributed by atoms with Crippen molar-refractivity contribution in [3.8, 4) is 0 Å². The van der Waals surface area contributed by atoms with E-state index in [9.17, 15) is 9.18 Å². The number of carbonyl (C=O) groups is 1. The van der Waals surface area contributed by atoms with Crippen LogP contribution in [0.1, 0.15) is 25.9 Å². The number of hydrogen-bond acceptors (Lipinski definition) is 3. The highest BCUT2D eigenvalue weighted by atomic mass is 32.1. The van der Waals surface area contributed by atoms with Crippen LogP contribution in [-0.2, 0) is 6.42 Å². The maximum absolute atomic E-state index is 13.4. The Kier molecular flexibility index (Phi) is 4.27. The summed E-state index contributed by atoms with van der Waals surface area (Å²) in [5.41, 5.74) is 1.35. The molecule has 0 unspecified atom stereocenters. The Balaban J connectivity index is 1.91. The summed E-state index contributed by atoms with van der Waals surface area (Å²) in [6, 6.07) is 6.59. The first-order valence-electron chi connectivity index (χ1n) is 6.03. The number of nitrogens with one attached hydrogen (secondary N) is 1. The lowest BCUT2D eigenvalue weighted by Gasteiger charge is -2.05. The normalized spacial score (nSPS) is 10.5. The lowest BCUT2D eigenvalue weighted by molar-refractivity contribution is 0.0957. The second-order valence-corrected chi connectivity index (χ2v) is 5.45. The highest BCUT2D eigenvalue weighted by Gasteiger charge is 2.13. The Morgan fingerprint density at radius 3 is 2.74 bits per heavy atom. The van der Waals surface area contributed by atoms with E-state index < -0.39 is 0 Å². The van der Waals surface area contributed by atoms with Gasteiger partial charge in [-0.05, 0) is 31.9 Å². The summed E-state index contributed by atoms with van der Waals surface area (Å²) >= 11 is 1.37. The van der Waals surface area contributed by atoms with Crippen molar-refractivity contribution in [1.29, 1.82) is 0 Å². The number of carbonyl (C=O) groups excluding carboxylic acids is 1. The highest BCUT2D eigenvalue weighted by Crippen LogP contribution is 2.16. The largest absolute Gasteiger partial charge is 0.351 e. The van der Waals surface area contributed by atoms with Crippen molar-refractivity contribution < 1.29 is 9.18 Å². The van der Waals surface area contributed by atoms with Crippen LogP contribution in [0.15, 0.2) is 24.3 Å². The lowest BCUT2D eigenvalue weighted by Crippen LogP contribution is -2.25. The van der Waals surface area contributed by atoms with E-state index in [1.807, 2.05) is 13.8 Å². The average molecular weight is 278 g/mol. The molecule has 3 nitrogen and oxygen atoms in total. The molecule has 19 heavy (non-hydrogen) atoms. The van der Waals surface area contributed by atoms with Crippen LogP contribution in [-0.4, -0.2) is 17.4 Å². The van der Waals surface area contributed by atoms with Gasteiger partial charge in [-0.15, -0.1) is 11.3 Å². The topological polar surface area (TPSA) is 42.0 Å². The molecule has 0 saturated heterocycles. The molecule has 0 fully saturated rings. The molecule has 0 aliphatic carbocycles. The number of aromatic nitrogens is 1. The number of thiazole rings is 1. The van der Waals surface area contributed by atoms with Gasteiger partial charge in [0.05, 0.1) is 10.7 Å². The van der Waals surface area contributed by atoms with Crippen LogP contribution in [0.4, 0.5) is 4.39 Å². The maximum Gasteiger partial charge on any atom is 0.263 e. The van der Waals surface area contributed by atoms with Crippen LogP contribution in [0.3, 0.4) is 0 Å². The number of hydrogen-bond donors (Lipinski definition) is 1. The zero-order chi connectivity index (χ0) is 13.8. The molecule has 100 valence electrons. The smallest absolute Gasteiger partial charge is 0.263 e. The van der Waals surface area contributed by atoms with Gasteiger partial charge in [0.2, 0.25) is 0 Å². The lowest BCUT2D eigenvalue weighted by atomic mass is 10.1. The van der Waals surface area contributed by atoms with Crippen molar-refractivity contribution in [3.05, 3.63) is 51.2 Å². The zero-order valence-corrected chi connectivity index (χ0v) is 11.7. The van der Waals surface area contributed by atoms with E-state index in [4.69, 9.17) is 0 Å². The average Bonchev–Trinajstić information content (AvgIpc) is 2.71. The third kappa shape index (κ3) is 3.38. The summed E-state index contributed by atoms with van der Waals surface area (Å²) in [6.45, 7) is 4.10. The fourth-order valence-electron chi connectivity index (χ4n) is 1.83. The minimum absolute atomic E-state index is 0.139. The van der Waals surface area contributed by atoms with E-state index in [-0.39, 0.29) is 11.7 Å². The number of rotatable bonds is 4. The van der Waals surface area contributed by atoms with Crippen molar-refractivity contribution in [1.82, 2.24) is 10.3 Å². The van der Waals surface area contributed by atoms with Crippen LogP contribution in [0.2, 0.25) is 0 Å². The third-order valence-corrected chi connectivity index (χ3v) is 3.82. The van der Waals surface area contributed by atoms with Crippen LogP contribution in [0, 0.1) is 19.7 Å². The van der Waals surface area contributed by atoms with E-state index >= 15 is 0 Å². The van der Waals surface area contributed by atoms with E-state index in [1.165, 1.54) is 17.4 Å². The van der Waals surface area contributed by atoms with Crippen LogP contribution < -0.4 is 5.32 Å². The minimum Gasteiger partial charge on any atom is -0.351 e. The second-order valence-electron chi connectivity index (χ2n) is 4.24. The number of amides is 1. The molecule has 0 bridgehead atoms. The maximum atomic E-state index is 13.4. The first-order valence-corrected chi connectivity index (χ1v) is 6.85. The predicted molar refractivity (Wildman–Crippen MR) is 74.0 cm³/mol. The molecule has 1 aromatic heterocycles. The molecule has 0 spiro atoms. The molecule has 1 aromatic carbocycles. The van der Waals surface area contributed by atoms with Crippen LogP contribution >= 0.6 is 11.3 Å². The highest BCUT2D eigenvalue weighted by molar-refractivity contribution is 7.13. The molecule has 0 aliphatic rings. The third-order valence-electron chi connectivity index (χ3n) is 2.75. The molecular weight excluding hydrogens is 263 g/mol. The first kappa shape index (κ1) is 13.7. The van der Waals surface area contributed by atoms with E-state index in [0.717, 1.165) is 10.7 Å². The van der Waals surface area contributed by atoms with Gasteiger partial charge in [-0.3, -0.25) is 4.79 Å². The molecule has 0 atom stereocenters. The Morgan fingerprint density at radius 1 is 1.37 bits per heavy atom. The number of aryl methyl sites for hydroxylation is 2. The van der Waals surface area contributed by atoms with Gasteiger partial charge in [0.1, 0.15) is 10.7 Å². The standard InChI is InChI=1S/C14H15FN2OS/c1-9-13(19-10(2)17-9)14(18)16-8-7-11-5-3-4-6-12(11)15/h3-6H,7-8H2,1-2H3,(H,16,18). The quantitative estimate of drug-likeness (QED) is 0.934. The number of benzene rings is 1. The molecule has 1 heterocycles.